The van der Waals surface area contributed by atoms with Gasteiger partial charge in [0.15, 0.2) is 11.0 Å². The first-order valence-corrected chi connectivity index (χ1v) is 8.98. The largest absolute Gasteiger partial charge is 0.297 e. The Morgan fingerprint density at radius 1 is 1.00 bits per heavy atom. The molecule has 0 aliphatic heterocycles. The quantitative estimate of drug-likeness (QED) is 0.599. The monoisotopic (exact) mass is 341 g/mol. The van der Waals surface area contributed by atoms with E-state index in [1.54, 1.807) is 23.9 Å². The van der Waals surface area contributed by atoms with Gasteiger partial charge < -0.3 is 0 Å². The van der Waals surface area contributed by atoms with Crippen LogP contribution in [-0.4, -0.2) is 20.5 Å². The summed E-state index contributed by atoms with van der Waals surface area (Å²) in [6.07, 6.45) is 0. The number of thioether (sulfide) groups is 1. The molecule has 0 aliphatic rings. The van der Waals surface area contributed by atoms with Crippen LogP contribution in [0.15, 0.2) is 59.8 Å². The van der Waals surface area contributed by atoms with Crippen LogP contribution in [0.1, 0.15) is 19.4 Å². The zero-order valence-electron chi connectivity index (χ0n) is 13.8. The van der Waals surface area contributed by atoms with Crippen LogP contribution < -0.4 is 0 Å². The van der Waals surface area contributed by atoms with Gasteiger partial charge in [-0.25, -0.2) is 4.39 Å². The lowest BCUT2D eigenvalue weighted by Gasteiger charge is -2.11. The van der Waals surface area contributed by atoms with Crippen LogP contribution in [0.25, 0.3) is 11.4 Å². The highest BCUT2D eigenvalue weighted by atomic mass is 32.2. The molecule has 124 valence electrons. The topological polar surface area (TPSA) is 30.7 Å². The van der Waals surface area contributed by atoms with Gasteiger partial charge in [-0.15, -0.1) is 10.2 Å². The second-order valence-corrected chi connectivity index (χ2v) is 7.05. The summed E-state index contributed by atoms with van der Waals surface area (Å²) in [5.41, 5.74) is 1.62. The lowest BCUT2D eigenvalue weighted by Crippen LogP contribution is -2.05. The molecule has 0 radical (unpaired) electrons. The van der Waals surface area contributed by atoms with Crippen molar-refractivity contribution in [1.29, 1.82) is 0 Å². The van der Waals surface area contributed by atoms with Gasteiger partial charge in [0.1, 0.15) is 5.82 Å². The summed E-state index contributed by atoms with van der Waals surface area (Å²) in [7, 11) is 0. The van der Waals surface area contributed by atoms with Gasteiger partial charge in [-0.1, -0.05) is 68.1 Å². The van der Waals surface area contributed by atoms with Crippen molar-refractivity contribution in [3.05, 3.63) is 66.0 Å². The second-order valence-electron chi connectivity index (χ2n) is 6.06. The van der Waals surface area contributed by atoms with Crippen LogP contribution in [0.2, 0.25) is 0 Å². The molecule has 0 fully saturated rings. The maximum atomic E-state index is 14.2. The maximum absolute atomic E-state index is 14.2. The minimum Gasteiger partial charge on any atom is -0.297 e. The average molecular weight is 341 g/mol. The Kier molecular flexibility index (Phi) is 5.30. The smallest absolute Gasteiger partial charge is 0.191 e. The van der Waals surface area contributed by atoms with Crippen molar-refractivity contribution in [3.63, 3.8) is 0 Å². The van der Waals surface area contributed by atoms with Gasteiger partial charge in [-0.3, -0.25) is 4.57 Å². The standard InChI is InChI=1S/C19H20FN3S/c1-14(2)13-24-19-22-21-18(16-10-6-7-11-17(16)20)23(19)12-15-8-4-3-5-9-15/h3-11,14H,12-13H2,1-2H3. The predicted octanol–water partition coefficient (Wildman–Crippen LogP) is 4.88. The van der Waals surface area contributed by atoms with Crippen LogP contribution in [0.3, 0.4) is 0 Å². The van der Waals surface area contributed by atoms with E-state index in [4.69, 9.17) is 0 Å². The Morgan fingerprint density at radius 3 is 2.42 bits per heavy atom. The van der Waals surface area contributed by atoms with E-state index >= 15 is 0 Å². The molecular formula is C19H20FN3S. The molecule has 5 heteroatoms. The van der Waals surface area contributed by atoms with Gasteiger partial charge in [0.05, 0.1) is 12.1 Å². The molecule has 0 bridgehead atoms. The molecule has 24 heavy (non-hydrogen) atoms. The third kappa shape index (κ3) is 3.85. The minimum atomic E-state index is -0.278. The molecule has 0 saturated heterocycles. The van der Waals surface area contributed by atoms with E-state index in [1.165, 1.54) is 6.07 Å². The predicted molar refractivity (Wildman–Crippen MR) is 96.5 cm³/mol. The van der Waals surface area contributed by atoms with E-state index in [2.05, 4.69) is 36.2 Å². The van der Waals surface area contributed by atoms with Gasteiger partial charge in [-0.2, -0.15) is 0 Å². The molecule has 0 spiro atoms. The summed E-state index contributed by atoms with van der Waals surface area (Å²) in [4.78, 5) is 0. The molecule has 2 aromatic carbocycles. The number of nitrogens with zero attached hydrogens (tertiary/aromatic N) is 3. The minimum absolute atomic E-state index is 0.278. The Hall–Kier alpha value is -2.14. The summed E-state index contributed by atoms with van der Waals surface area (Å²) in [5, 5.41) is 9.41. The Morgan fingerprint density at radius 2 is 1.71 bits per heavy atom. The van der Waals surface area contributed by atoms with Crippen molar-refractivity contribution in [3.8, 4) is 11.4 Å². The summed E-state index contributed by atoms with van der Waals surface area (Å²) in [5.74, 6) is 1.79. The van der Waals surface area contributed by atoms with Crippen molar-refractivity contribution >= 4 is 11.8 Å². The summed E-state index contributed by atoms with van der Waals surface area (Å²) in [6.45, 7) is 4.96. The Bertz CT molecular complexity index is 799. The van der Waals surface area contributed by atoms with Crippen molar-refractivity contribution in [2.45, 2.75) is 25.5 Å². The van der Waals surface area contributed by atoms with Crippen molar-refractivity contribution in [2.24, 2.45) is 5.92 Å². The summed E-state index contributed by atoms with van der Waals surface area (Å²) in [6, 6.07) is 16.8. The highest BCUT2D eigenvalue weighted by molar-refractivity contribution is 7.99. The van der Waals surface area contributed by atoms with Gasteiger partial charge in [-0.05, 0) is 23.6 Å². The first-order chi connectivity index (χ1) is 11.6. The molecule has 0 saturated carbocycles. The molecule has 0 unspecified atom stereocenters. The first kappa shape index (κ1) is 16.7. The fourth-order valence-corrected chi connectivity index (χ4v) is 3.27. The molecule has 0 N–H and O–H groups in total. The molecular weight excluding hydrogens is 321 g/mol. The van der Waals surface area contributed by atoms with E-state index in [-0.39, 0.29) is 5.82 Å². The molecule has 3 aromatic rings. The number of hydrogen-bond donors (Lipinski definition) is 0. The van der Waals surface area contributed by atoms with Gasteiger partial charge in [0.25, 0.3) is 0 Å². The molecule has 0 amide bonds. The number of halogens is 1. The zero-order valence-corrected chi connectivity index (χ0v) is 14.6. The van der Waals surface area contributed by atoms with Crippen molar-refractivity contribution < 1.29 is 4.39 Å². The third-order valence-electron chi connectivity index (χ3n) is 3.56. The molecule has 3 nitrogen and oxygen atoms in total. The second kappa shape index (κ2) is 7.62. The number of rotatable bonds is 6. The van der Waals surface area contributed by atoms with E-state index in [1.807, 2.05) is 28.8 Å². The van der Waals surface area contributed by atoms with Crippen LogP contribution in [0.5, 0.6) is 0 Å². The van der Waals surface area contributed by atoms with E-state index in [0.717, 1.165) is 16.5 Å². The van der Waals surface area contributed by atoms with Crippen LogP contribution >= 0.6 is 11.8 Å². The zero-order chi connectivity index (χ0) is 16.9. The SMILES string of the molecule is CC(C)CSc1nnc(-c2ccccc2F)n1Cc1ccccc1. The number of benzene rings is 2. The highest BCUT2D eigenvalue weighted by Crippen LogP contribution is 2.27. The van der Waals surface area contributed by atoms with E-state index in [0.29, 0.717) is 23.9 Å². The Labute approximate surface area is 145 Å². The van der Waals surface area contributed by atoms with E-state index in [9.17, 15) is 4.39 Å². The Balaban J connectivity index is 2.01. The van der Waals surface area contributed by atoms with E-state index < -0.39 is 0 Å². The van der Waals surface area contributed by atoms with Crippen molar-refractivity contribution in [1.82, 2.24) is 14.8 Å². The number of aromatic nitrogens is 3. The van der Waals surface area contributed by atoms with Crippen LogP contribution in [-0.2, 0) is 6.54 Å². The van der Waals surface area contributed by atoms with Gasteiger partial charge >= 0.3 is 0 Å². The highest BCUT2D eigenvalue weighted by Gasteiger charge is 2.17. The average Bonchev–Trinajstić information content (AvgIpc) is 2.97. The first-order valence-electron chi connectivity index (χ1n) is 8.00. The van der Waals surface area contributed by atoms with Crippen molar-refractivity contribution in [2.75, 3.05) is 5.75 Å². The maximum Gasteiger partial charge on any atom is 0.191 e. The number of hydrogen-bond acceptors (Lipinski definition) is 3. The van der Waals surface area contributed by atoms with Crippen LogP contribution in [0.4, 0.5) is 4.39 Å². The van der Waals surface area contributed by atoms with Gasteiger partial charge in [0, 0.05) is 5.75 Å². The molecule has 1 heterocycles. The lowest BCUT2D eigenvalue weighted by molar-refractivity contribution is 0.626. The third-order valence-corrected chi connectivity index (χ3v) is 4.95. The molecule has 0 atom stereocenters. The summed E-state index contributed by atoms with van der Waals surface area (Å²) < 4.78 is 16.2. The molecule has 1 aromatic heterocycles. The summed E-state index contributed by atoms with van der Waals surface area (Å²) >= 11 is 1.66. The molecule has 3 rings (SSSR count). The lowest BCUT2D eigenvalue weighted by atomic mass is 10.2. The van der Waals surface area contributed by atoms with Crippen LogP contribution in [0, 0.1) is 11.7 Å². The normalized spacial score (nSPS) is 11.2. The molecule has 0 aliphatic carbocycles. The van der Waals surface area contributed by atoms with Gasteiger partial charge in [0.2, 0.25) is 0 Å². The fraction of sp³-hybridized carbons (Fsp3) is 0.263. The fourth-order valence-electron chi connectivity index (χ4n) is 2.39.